The number of amides is 2. The largest absolute Gasteiger partial charge is 0.504 e. The lowest BCUT2D eigenvalue weighted by atomic mass is 9.69. The van der Waals surface area contributed by atoms with Crippen LogP contribution in [0.15, 0.2) is 92.4 Å². The molecule has 4 unspecified atom stereocenters. The molecular formula is C65H75N11O12S. The van der Waals surface area contributed by atoms with Crippen LogP contribution in [0.1, 0.15) is 86.0 Å². The van der Waals surface area contributed by atoms with Crippen LogP contribution in [0.2, 0.25) is 0 Å². The van der Waals surface area contributed by atoms with E-state index in [9.17, 15) is 49.5 Å². The number of piperazine rings is 2. The highest BCUT2D eigenvalue weighted by Crippen LogP contribution is 2.56. The van der Waals surface area contributed by atoms with Crippen LogP contribution in [-0.4, -0.2) is 186 Å². The number of ether oxygens (including phenoxy) is 4. The summed E-state index contributed by atoms with van der Waals surface area (Å²) in [5.74, 6) is -1.49. The number of anilines is 1. The SMILES string of the molecule is COC1=C(C)C(=O)C2=C(C1=O)[C@H](CNC(=O)C(C)N)N1C(C2)[C@H]2c3c(cc(C)c(OC)c3O)C[C@@H]([C@@H]1C#N)N2C.COC1=C(C)C(=O)C2=C(C1=O)[C@H](CNC(=O)C(C)N=CSNc1ccccc1)N1C(C2)[C@H]2c3c(cc(C)c(OC)c3O)C[C@@H]([C@@H]1C#N)N2C. The molecule has 24 heteroatoms. The highest BCUT2D eigenvalue weighted by molar-refractivity contribution is 8.13. The van der Waals surface area contributed by atoms with Crippen molar-refractivity contribution >= 4 is 58.1 Å². The van der Waals surface area contributed by atoms with Gasteiger partial charge in [0.15, 0.2) is 46.1 Å². The van der Waals surface area contributed by atoms with E-state index in [-0.39, 0.29) is 101 Å². The van der Waals surface area contributed by atoms with Crippen LogP contribution in [0.3, 0.4) is 0 Å². The maximum absolute atomic E-state index is 14.1. The number of phenolic OH excluding ortho intramolecular Hbond substituents is 2. The predicted molar refractivity (Wildman–Crippen MR) is 330 cm³/mol. The molecule has 4 bridgehead atoms. The number of nitrogens with zero attached hydrogens (tertiary/aromatic N) is 7. The number of aryl methyl sites for hydroxylation is 2. The van der Waals surface area contributed by atoms with E-state index in [1.54, 1.807) is 33.2 Å². The summed E-state index contributed by atoms with van der Waals surface area (Å²) < 4.78 is 25.1. The summed E-state index contributed by atoms with van der Waals surface area (Å²) in [4.78, 5) is 93.9. The van der Waals surface area contributed by atoms with Crippen LogP contribution >= 0.6 is 11.9 Å². The first-order chi connectivity index (χ1) is 42.5. The number of methoxy groups -OCH3 is 4. The Kier molecular flexibility index (Phi) is 18.1. The molecule has 0 radical (unpaired) electrons. The Morgan fingerprint density at radius 3 is 1.49 bits per heavy atom. The smallest absolute Gasteiger partial charge is 0.244 e. The monoisotopic (exact) mass is 1230 g/mol. The minimum Gasteiger partial charge on any atom is -0.504 e. The fourth-order valence-corrected chi connectivity index (χ4v) is 15.7. The summed E-state index contributed by atoms with van der Waals surface area (Å²) in [6.45, 7) is 10.0. The normalized spacial score (nSPS) is 27.1. The molecule has 12 atom stereocenters. The number of ketones is 4. The summed E-state index contributed by atoms with van der Waals surface area (Å²) in [6.07, 6.45) is 1.31. The Balaban J connectivity index is 0.000000200. The maximum Gasteiger partial charge on any atom is 0.244 e. The average Bonchev–Trinajstić information content (AvgIpc) is 0.855. The van der Waals surface area contributed by atoms with Crippen molar-refractivity contribution in [2.45, 2.75) is 140 Å². The molecule has 0 saturated carbocycles. The number of aliphatic imine (C=N–C) groups is 1. The van der Waals surface area contributed by atoms with E-state index < -0.39 is 77.9 Å². The molecule has 3 aromatic rings. The molecule has 8 aliphatic rings. The van der Waals surface area contributed by atoms with Gasteiger partial charge in [0.05, 0.1) is 76.3 Å². The number of aromatic hydroxyl groups is 2. The number of nitrogens with one attached hydrogen (secondary N) is 3. The number of nitriles is 2. The van der Waals surface area contributed by atoms with Crippen molar-refractivity contribution in [3.05, 3.63) is 121 Å². The number of rotatable bonds is 14. The number of nitrogens with two attached hydrogens (primary N) is 1. The van der Waals surface area contributed by atoms with Crippen LogP contribution in [0.25, 0.3) is 0 Å². The molecule has 89 heavy (non-hydrogen) atoms. The van der Waals surface area contributed by atoms with Crippen molar-refractivity contribution in [3.63, 3.8) is 0 Å². The molecule has 0 aromatic heterocycles. The third-order valence-corrected chi connectivity index (χ3v) is 19.7. The van der Waals surface area contributed by atoms with E-state index in [0.717, 1.165) is 27.9 Å². The Hall–Kier alpha value is -8.36. The zero-order valence-electron chi connectivity index (χ0n) is 51.9. The van der Waals surface area contributed by atoms with E-state index in [1.165, 1.54) is 40.4 Å². The number of allylic oxidation sites excluding steroid dienone is 4. The van der Waals surface area contributed by atoms with Gasteiger partial charge >= 0.3 is 0 Å². The van der Waals surface area contributed by atoms with E-state index in [4.69, 9.17) is 24.7 Å². The van der Waals surface area contributed by atoms with Crippen molar-refractivity contribution in [1.82, 2.24) is 30.2 Å². The van der Waals surface area contributed by atoms with E-state index >= 15 is 0 Å². The fourth-order valence-electron chi connectivity index (χ4n) is 15.1. The minimum atomic E-state index is -0.822. The van der Waals surface area contributed by atoms with E-state index in [1.807, 2.05) is 80.2 Å². The lowest BCUT2D eigenvalue weighted by molar-refractivity contribution is -0.125. The number of fused-ring (bicyclic) bond motifs is 12. The Bertz CT molecular complexity index is 3730. The van der Waals surface area contributed by atoms with Crippen molar-refractivity contribution < 1.29 is 57.9 Å². The summed E-state index contributed by atoms with van der Waals surface area (Å²) in [5, 5.41) is 50.1. The number of carbonyl (C=O) groups is 6. The number of para-hydroxylation sites is 1. The van der Waals surface area contributed by atoms with Gasteiger partial charge in [0.25, 0.3) is 0 Å². The van der Waals surface area contributed by atoms with E-state index in [0.29, 0.717) is 46.6 Å². The molecule has 2 amide bonds. The van der Waals surface area contributed by atoms with Gasteiger partial charge in [-0.2, -0.15) is 10.5 Å². The first-order valence-electron chi connectivity index (χ1n) is 29.5. The molecule has 3 aromatic carbocycles. The predicted octanol–water partition coefficient (Wildman–Crippen LogP) is 4.41. The molecule has 468 valence electrons. The van der Waals surface area contributed by atoms with Gasteiger partial charge in [-0.3, -0.25) is 53.4 Å². The van der Waals surface area contributed by atoms with Crippen molar-refractivity contribution in [1.29, 1.82) is 10.5 Å². The first kappa shape index (κ1) is 63.7. The summed E-state index contributed by atoms with van der Waals surface area (Å²) in [7, 11) is 9.57. The van der Waals surface area contributed by atoms with Crippen LogP contribution in [0, 0.1) is 36.5 Å². The highest BCUT2D eigenvalue weighted by atomic mass is 32.2. The van der Waals surface area contributed by atoms with Crippen LogP contribution in [-0.2, 0) is 51.1 Å². The van der Waals surface area contributed by atoms with Gasteiger partial charge in [-0.05, 0) is 128 Å². The Labute approximate surface area is 521 Å². The molecule has 23 nitrogen and oxygen atoms in total. The first-order valence-corrected chi connectivity index (χ1v) is 30.4. The number of hydrogen-bond acceptors (Lipinski definition) is 22. The lowest BCUT2D eigenvalue weighted by Gasteiger charge is -2.60. The Morgan fingerprint density at radius 1 is 0.674 bits per heavy atom. The quantitative estimate of drug-likeness (QED) is 0.0564. The van der Waals surface area contributed by atoms with Crippen LogP contribution in [0.4, 0.5) is 5.69 Å². The number of benzene rings is 3. The number of Topliss-reactive ketones (excluding diaryl/α,β-unsaturated/α-hetero) is 4. The van der Waals surface area contributed by atoms with Gasteiger partial charge in [-0.1, -0.05) is 30.3 Å². The van der Waals surface area contributed by atoms with Gasteiger partial charge < -0.3 is 50.2 Å². The van der Waals surface area contributed by atoms with E-state index in [2.05, 4.69) is 42.3 Å². The third-order valence-electron chi connectivity index (χ3n) is 19.1. The van der Waals surface area contributed by atoms with Gasteiger partial charge in [-0.15, -0.1) is 0 Å². The van der Waals surface area contributed by atoms with Gasteiger partial charge in [0.1, 0.15) is 18.1 Å². The molecule has 2 aliphatic carbocycles. The van der Waals surface area contributed by atoms with Gasteiger partial charge in [0, 0.05) is 87.5 Å². The number of likely N-dealkylation sites (N-methyl/N-ethyl adjacent to an activating group) is 2. The van der Waals surface area contributed by atoms with Gasteiger partial charge in [0.2, 0.25) is 23.4 Å². The maximum atomic E-state index is 14.1. The summed E-state index contributed by atoms with van der Waals surface area (Å²) in [6, 6.07) is 11.6. The minimum absolute atomic E-state index is 0.0256. The lowest BCUT2D eigenvalue weighted by Crippen LogP contribution is -2.71. The Morgan fingerprint density at radius 2 is 1.10 bits per heavy atom. The molecule has 6 aliphatic heterocycles. The standard InChI is InChI=1S/C36H40N6O6S.C29H35N5O6/c1-18-12-21-13-24-26(15-37)42-25(30(41(24)4)28(21)32(44)34(18)47-5)14-23-29(33(45)35(48-6)19(2)31(23)43)27(42)16-38-36(46)20(3)39-17-49-40-22-10-8-7-9-11-22;1-12-7-15-8-17-19(10-30)34-18(23(33(17)4)21(15)25(36)27(12)39-5)9-16-22(20(34)11-32-29(38)14(3)31)26(37)28(40-6)13(2)24(16)35/h7-12,17,20,24-27,30,40,44H,13-14,16H2,1-6H3,(H,38,46);7,14,17-20,23,36H,8-9,11,31H2,1-6H3,(H,32,38)/t20?,24-,25?,26-,27-,30-;14?,17-,18?,19-,20-,23-/m00/s1. The molecule has 7 N–H and O–H groups in total. The second-order valence-corrected chi connectivity index (χ2v) is 24.5. The average molecular weight is 1230 g/mol. The van der Waals surface area contributed by atoms with Crippen molar-refractivity contribution in [2.75, 3.05) is 60.3 Å². The summed E-state index contributed by atoms with van der Waals surface area (Å²) >= 11 is 1.23. The van der Waals surface area contributed by atoms with Crippen molar-refractivity contribution in [2.24, 2.45) is 10.7 Å². The topological polar surface area (TPSA) is 315 Å². The van der Waals surface area contributed by atoms with Crippen molar-refractivity contribution in [3.8, 4) is 35.1 Å². The summed E-state index contributed by atoms with van der Waals surface area (Å²) in [5.41, 5.74) is 14.6. The zero-order valence-corrected chi connectivity index (χ0v) is 52.7. The molecule has 2 saturated heterocycles. The number of hydrogen-bond donors (Lipinski definition) is 6. The highest BCUT2D eigenvalue weighted by Gasteiger charge is 2.60. The molecule has 2 fully saturated rings. The number of phenols is 2. The van der Waals surface area contributed by atoms with Crippen LogP contribution in [0.5, 0.6) is 23.0 Å². The fraction of sp³-hybridized carbons (Fsp3) is 0.462. The third kappa shape index (κ3) is 10.6. The second kappa shape index (κ2) is 25.3. The van der Waals surface area contributed by atoms with Crippen LogP contribution < -0.4 is 30.6 Å². The molecule has 11 rings (SSSR count). The molecule has 0 spiro atoms. The van der Waals surface area contributed by atoms with Gasteiger partial charge in [-0.25, -0.2) is 0 Å². The molecule has 6 heterocycles. The number of carbonyl (C=O) groups excluding carboxylic acids is 6. The molecular weight excluding hydrogens is 1160 g/mol. The second-order valence-electron chi connectivity index (χ2n) is 23.9. The zero-order chi connectivity index (χ0) is 64.3.